The summed E-state index contributed by atoms with van der Waals surface area (Å²) in [4.78, 5) is 10.3. The van der Waals surface area contributed by atoms with E-state index in [1.165, 1.54) is 31.7 Å². The Kier molecular flexibility index (Phi) is 4.31. The van der Waals surface area contributed by atoms with Crippen molar-refractivity contribution in [3.63, 3.8) is 0 Å². The molecule has 0 radical (unpaired) electrons. The van der Waals surface area contributed by atoms with Crippen LogP contribution in [0.4, 0.5) is 5.69 Å². The Labute approximate surface area is 108 Å². The third-order valence-corrected chi connectivity index (χ3v) is 3.83. The molecule has 0 amide bonds. The number of nitro benzene ring substituents is 1. The average molecular weight is 248 g/mol. The van der Waals surface area contributed by atoms with Crippen LogP contribution in [0.3, 0.4) is 0 Å². The molecule has 2 atom stereocenters. The van der Waals surface area contributed by atoms with E-state index >= 15 is 0 Å². The summed E-state index contributed by atoms with van der Waals surface area (Å²) in [7, 11) is 0. The maximum atomic E-state index is 10.7. The van der Waals surface area contributed by atoms with Gasteiger partial charge in [0.2, 0.25) is 0 Å². The van der Waals surface area contributed by atoms with Crippen molar-refractivity contribution in [3.8, 4) is 0 Å². The molecule has 0 aromatic heterocycles. The van der Waals surface area contributed by atoms with Gasteiger partial charge >= 0.3 is 0 Å². The van der Waals surface area contributed by atoms with Crippen molar-refractivity contribution >= 4 is 5.69 Å². The summed E-state index contributed by atoms with van der Waals surface area (Å²) in [6, 6.07) is 7.45. The molecule has 1 aromatic carbocycles. The van der Waals surface area contributed by atoms with Crippen molar-refractivity contribution in [3.05, 3.63) is 39.9 Å². The van der Waals surface area contributed by atoms with E-state index in [1.807, 2.05) is 6.07 Å². The van der Waals surface area contributed by atoms with Gasteiger partial charge in [-0.15, -0.1) is 0 Å². The third kappa shape index (κ3) is 3.29. The van der Waals surface area contributed by atoms with Crippen LogP contribution >= 0.6 is 0 Å². The average Bonchev–Trinajstić information content (AvgIpc) is 2.84. The summed E-state index contributed by atoms with van der Waals surface area (Å²) in [5.41, 5.74) is 1.16. The molecule has 1 aliphatic rings. The smallest absolute Gasteiger partial charge is 0.269 e. The van der Waals surface area contributed by atoms with Crippen molar-refractivity contribution in [2.45, 2.75) is 45.2 Å². The Morgan fingerprint density at radius 1 is 1.44 bits per heavy atom. The van der Waals surface area contributed by atoms with Gasteiger partial charge in [-0.05, 0) is 30.7 Å². The van der Waals surface area contributed by atoms with Crippen molar-refractivity contribution < 1.29 is 4.92 Å². The van der Waals surface area contributed by atoms with Crippen LogP contribution in [0.15, 0.2) is 24.3 Å². The van der Waals surface area contributed by atoms with Crippen LogP contribution in [0.2, 0.25) is 0 Å². The second kappa shape index (κ2) is 5.96. The van der Waals surface area contributed by atoms with Gasteiger partial charge in [-0.1, -0.05) is 25.5 Å². The minimum Gasteiger partial charge on any atom is -0.310 e. The number of nitrogens with one attached hydrogen (secondary N) is 1. The molecular weight excluding hydrogens is 228 g/mol. The maximum absolute atomic E-state index is 10.7. The molecule has 0 aliphatic heterocycles. The molecule has 0 heterocycles. The minimum atomic E-state index is -0.341. The van der Waals surface area contributed by atoms with Gasteiger partial charge < -0.3 is 5.32 Å². The van der Waals surface area contributed by atoms with E-state index in [9.17, 15) is 10.1 Å². The van der Waals surface area contributed by atoms with E-state index in [-0.39, 0.29) is 10.6 Å². The van der Waals surface area contributed by atoms with Crippen LogP contribution in [0.1, 0.15) is 38.2 Å². The zero-order valence-corrected chi connectivity index (χ0v) is 10.8. The second-order valence-corrected chi connectivity index (χ2v) is 5.09. The van der Waals surface area contributed by atoms with Crippen molar-refractivity contribution in [2.75, 3.05) is 0 Å². The Morgan fingerprint density at radius 2 is 2.28 bits per heavy atom. The number of nitrogens with zero attached hydrogens (tertiary/aromatic N) is 1. The Morgan fingerprint density at radius 3 is 2.94 bits per heavy atom. The predicted molar refractivity (Wildman–Crippen MR) is 71.4 cm³/mol. The number of rotatable bonds is 5. The fraction of sp³-hybridized carbons (Fsp3) is 0.571. The highest BCUT2D eigenvalue weighted by Gasteiger charge is 2.22. The molecule has 0 spiro atoms. The molecule has 2 rings (SSSR count). The number of benzene rings is 1. The molecule has 1 saturated carbocycles. The molecule has 1 aliphatic carbocycles. The Hall–Kier alpha value is -1.42. The van der Waals surface area contributed by atoms with Crippen LogP contribution in [0.5, 0.6) is 0 Å². The number of hydrogen-bond acceptors (Lipinski definition) is 3. The van der Waals surface area contributed by atoms with Crippen LogP contribution < -0.4 is 5.32 Å². The number of non-ortho nitro benzene ring substituents is 1. The molecule has 1 N–H and O–H groups in total. The van der Waals surface area contributed by atoms with Gasteiger partial charge in [-0.2, -0.15) is 0 Å². The van der Waals surface area contributed by atoms with Gasteiger partial charge in [0.15, 0.2) is 0 Å². The number of hydrogen-bond donors (Lipinski definition) is 1. The van der Waals surface area contributed by atoms with Gasteiger partial charge in [0.05, 0.1) is 4.92 Å². The molecule has 0 saturated heterocycles. The topological polar surface area (TPSA) is 55.2 Å². The molecular formula is C14H20N2O2. The van der Waals surface area contributed by atoms with Crippen molar-refractivity contribution in [1.29, 1.82) is 0 Å². The second-order valence-electron chi connectivity index (χ2n) is 5.09. The first-order valence-electron chi connectivity index (χ1n) is 6.65. The molecule has 1 aromatic rings. The zero-order chi connectivity index (χ0) is 13.0. The Balaban J connectivity index is 1.87. The van der Waals surface area contributed by atoms with E-state index < -0.39 is 0 Å². The predicted octanol–water partition coefficient (Wildman–Crippen LogP) is 3.26. The Bertz CT molecular complexity index is 420. The first kappa shape index (κ1) is 13.0. The monoisotopic (exact) mass is 248 g/mol. The molecule has 2 unspecified atom stereocenters. The molecule has 4 nitrogen and oxygen atoms in total. The lowest BCUT2D eigenvalue weighted by atomic mass is 10.1. The van der Waals surface area contributed by atoms with E-state index in [4.69, 9.17) is 0 Å². The first-order chi connectivity index (χ1) is 8.69. The lowest BCUT2D eigenvalue weighted by molar-refractivity contribution is -0.384. The highest BCUT2D eigenvalue weighted by molar-refractivity contribution is 5.34. The van der Waals surface area contributed by atoms with Gasteiger partial charge in [0.25, 0.3) is 5.69 Å². The summed E-state index contributed by atoms with van der Waals surface area (Å²) >= 11 is 0. The van der Waals surface area contributed by atoms with Gasteiger partial charge in [0.1, 0.15) is 0 Å². The largest absolute Gasteiger partial charge is 0.310 e. The molecule has 98 valence electrons. The first-order valence-corrected chi connectivity index (χ1v) is 6.65. The summed E-state index contributed by atoms with van der Waals surface area (Å²) in [5.74, 6) is 0.854. The normalized spacial score (nSPS) is 23.2. The van der Waals surface area contributed by atoms with E-state index in [2.05, 4.69) is 12.2 Å². The van der Waals surface area contributed by atoms with Crippen LogP contribution in [0.25, 0.3) is 0 Å². The van der Waals surface area contributed by atoms with Gasteiger partial charge in [0, 0.05) is 24.7 Å². The summed E-state index contributed by atoms with van der Waals surface area (Å²) in [6.45, 7) is 2.97. The fourth-order valence-corrected chi connectivity index (χ4v) is 2.67. The maximum Gasteiger partial charge on any atom is 0.269 e. The number of nitro groups is 1. The van der Waals surface area contributed by atoms with Crippen LogP contribution in [-0.4, -0.2) is 11.0 Å². The fourth-order valence-electron chi connectivity index (χ4n) is 2.67. The van der Waals surface area contributed by atoms with E-state index in [0.29, 0.717) is 6.04 Å². The molecule has 0 bridgehead atoms. The van der Waals surface area contributed by atoms with Crippen molar-refractivity contribution in [2.24, 2.45) is 5.92 Å². The highest BCUT2D eigenvalue weighted by Crippen LogP contribution is 2.28. The standard InChI is InChI=1S/C14H20N2O2/c1-2-11-6-7-13(8-11)15-10-12-4-3-5-14(9-12)16(17)18/h3-5,9,11,13,15H,2,6-8,10H2,1H3. The van der Waals surface area contributed by atoms with E-state index in [0.717, 1.165) is 18.0 Å². The molecule has 18 heavy (non-hydrogen) atoms. The minimum absolute atomic E-state index is 0.173. The van der Waals surface area contributed by atoms with Crippen LogP contribution in [0, 0.1) is 16.0 Å². The molecule has 4 heteroatoms. The SMILES string of the molecule is CCC1CCC(NCc2cccc([N+](=O)[O-])c2)C1. The quantitative estimate of drug-likeness (QED) is 0.642. The van der Waals surface area contributed by atoms with Crippen LogP contribution in [-0.2, 0) is 6.54 Å². The summed E-state index contributed by atoms with van der Waals surface area (Å²) in [5, 5.41) is 14.2. The lowest BCUT2D eigenvalue weighted by Crippen LogP contribution is -2.25. The van der Waals surface area contributed by atoms with E-state index in [1.54, 1.807) is 12.1 Å². The van der Waals surface area contributed by atoms with Crippen molar-refractivity contribution in [1.82, 2.24) is 5.32 Å². The highest BCUT2D eigenvalue weighted by atomic mass is 16.6. The summed E-state index contributed by atoms with van der Waals surface area (Å²) < 4.78 is 0. The zero-order valence-electron chi connectivity index (χ0n) is 10.8. The molecule has 1 fully saturated rings. The van der Waals surface area contributed by atoms with Gasteiger partial charge in [-0.25, -0.2) is 0 Å². The lowest BCUT2D eigenvalue weighted by Gasteiger charge is -2.12. The summed E-state index contributed by atoms with van der Waals surface area (Å²) in [6.07, 6.45) is 5.04. The van der Waals surface area contributed by atoms with Gasteiger partial charge in [-0.3, -0.25) is 10.1 Å². The third-order valence-electron chi connectivity index (χ3n) is 3.83.